The lowest BCUT2D eigenvalue weighted by Crippen LogP contribution is -2.24. The van der Waals surface area contributed by atoms with E-state index in [2.05, 4.69) is 25.8 Å². The van der Waals surface area contributed by atoms with Crippen LogP contribution < -0.4 is 16.6 Å². The third-order valence-corrected chi connectivity index (χ3v) is 2.81. The zero-order valence-electron chi connectivity index (χ0n) is 10.7. The highest BCUT2D eigenvalue weighted by atomic mass is 16.1. The fraction of sp³-hybridized carbons (Fsp3) is 0.273. The first-order valence-corrected chi connectivity index (χ1v) is 5.66. The van der Waals surface area contributed by atoms with E-state index in [1.54, 1.807) is 10.9 Å². The average Bonchev–Trinajstić information content (AvgIpc) is 2.76. The zero-order valence-corrected chi connectivity index (χ0v) is 10.7. The minimum absolute atomic E-state index is 0.237. The van der Waals surface area contributed by atoms with Gasteiger partial charge < -0.3 is 10.7 Å². The third kappa shape index (κ3) is 2.86. The second kappa shape index (κ2) is 5.44. The number of carbonyl (C=O) groups is 1. The van der Waals surface area contributed by atoms with Crippen molar-refractivity contribution in [1.29, 1.82) is 0 Å². The van der Waals surface area contributed by atoms with E-state index in [1.807, 2.05) is 14.0 Å². The number of amides is 1. The Morgan fingerprint density at radius 2 is 2.16 bits per heavy atom. The van der Waals surface area contributed by atoms with Gasteiger partial charge in [0, 0.05) is 24.8 Å². The van der Waals surface area contributed by atoms with E-state index in [-0.39, 0.29) is 11.6 Å². The SMILES string of the molecule is Cc1c(CNC(=O)c2cnc(NN)cn2)cnn1C. The molecule has 0 aromatic carbocycles. The summed E-state index contributed by atoms with van der Waals surface area (Å²) in [7, 11) is 1.85. The largest absolute Gasteiger partial charge is 0.346 e. The Labute approximate surface area is 110 Å². The minimum atomic E-state index is -0.292. The van der Waals surface area contributed by atoms with E-state index >= 15 is 0 Å². The quantitative estimate of drug-likeness (QED) is 0.516. The summed E-state index contributed by atoms with van der Waals surface area (Å²) in [6.07, 6.45) is 4.48. The van der Waals surface area contributed by atoms with Crippen LogP contribution in [-0.2, 0) is 13.6 Å². The number of nitrogens with two attached hydrogens (primary N) is 1. The maximum atomic E-state index is 11.8. The van der Waals surface area contributed by atoms with Gasteiger partial charge in [0.25, 0.3) is 5.91 Å². The van der Waals surface area contributed by atoms with Gasteiger partial charge in [0.05, 0.1) is 18.6 Å². The number of hydrogen-bond acceptors (Lipinski definition) is 6. The topological polar surface area (TPSA) is 111 Å². The van der Waals surface area contributed by atoms with Crippen LogP contribution in [0.4, 0.5) is 5.82 Å². The fourth-order valence-corrected chi connectivity index (χ4v) is 1.50. The fourth-order valence-electron chi connectivity index (χ4n) is 1.50. The zero-order chi connectivity index (χ0) is 13.8. The lowest BCUT2D eigenvalue weighted by molar-refractivity contribution is 0.0945. The van der Waals surface area contributed by atoms with Gasteiger partial charge in [0.15, 0.2) is 5.82 Å². The van der Waals surface area contributed by atoms with E-state index in [0.717, 1.165) is 11.3 Å². The van der Waals surface area contributed by atoms with Gasteiger partial charge in [-0.25, -0.2) is 15.8 Å². The van der Waals surface area contributed by atoms with Crippen LogP contribution >= 0.6 is 0 Å². The van der Waals surface area contributed by atoms with Gasteiger partial charge in [-0.15, -0.1) is 0 Å². The van der Waals surface area contributed by atoms with Crippen LogP contribution in [0.1, 0.15) is 21.7 Å². The van der Waals surface area contributed by atoms with Gasteiger partial charge in [-0.3, -0.25) is 9.48 Å². The summed E-state index contributed by atoms with van der Waals surface area (Å²) < 4.78 is 1.75. The van der Waals surface area contributed by atoms with Crippen LogP contribution in [0.2, 0.25) is 0 Å². The van der Waals surface area contributed by atoms with Crippen LogP contribution in [0.5, 0.6) is 0 Å². The molecule has 8 heteroatoms. The van der Waals surface area contributed by atoms with Crippen LogP contribution in [0.15, 0.2) is 18.6 Å². The number of nitrogen functional groups attached to an aromatic ring is 1. The summed E-state index contributed by atoms with van der Waals surface area (Å²) in [4.78, 5) is 19.7. The maximum absolute atomic E-state index is 11.8. The highest BCUT2D eigenvalue weighted by Crippen LogP contribution is 2.05. The number of carbonyl (C=O) groups excluding carboxylic acids is 1. The Morgan fingerprint density at radius 1 is 1.37 bits per heavy atom. The average molecular weight is 261 g/mol. The monoisotopic (exact) mass is 261 g/mol. The minimum Gasteiger partial charge on any atom is -0.346 e. The smallest absolute Gasteiger partial charge is 0.271 e. The molecule has 0 atom stereocenters. The van der Waals surface area contributed by atoms with Crippen LogP contribution in [-0.4, -0.2) is 25.7 Å². The summed E-state index contributed by atoms with van der Waals surface area (Å²) in [5, 5.41) is 6.87. The van der Waals surface area contributed by atoms with Crippen molar-refractivity contribution in [2.75, 3.05) is 5.43 Å². The molecule has 4 N–H and O–H groups in total. The van der Waals surface area contributed by atoms with Crippen molar-refractivity contribution in [2.24, 2.45) is 12.9 Å². The molecule has 0 aliphatic heterocycles. The van der Waals surface area contributed by atoms with Crippen molar-refractivity contribution in [3.63, 3.8) is 0 Å². The predicted molar refractivity (Wildman–Crippen MR) is 69.0 cm³/mol. The van der Waals surface area contributed by atoms with Gasteiger partial charge in [-0.1, -0.05) is 0 Å². The third-order valence-electron chi connectivity index (χ3n) is 2.81. The Balaban J connectivity index is 1.99. The molecule has 0 spiro atoms. The molecule has 2 heterocycles. The lowest BCUT2D eigenvalue weighted by atomic mass is 10.2. The van der Waals surface area contributed by atoms with Crippen molar-refractivity contribution >= 4 is 11.7 Å². The summed E-state index contributed by atoms with van der Waals surface area (Å²) in [5.41, 5.74) is 4.55. The van der Waals surface area contributed by atoms with E-state index in [4.69, 9.17) is 5.84 Å². The summed E-state index contributed by atoms with van der Waals surface area (Å²) in [6.45, 7) is 2.34. The van der Waals surface area contributed by atoms with Gasteiger partial charge >= 0.3 is 0 Å². The Kier molecular flexibility index (Phi) is 3.71. The lowest BCUT2D eigenvalue weighted by Gasteiger charge is -2.05. The molecule has 0 saturated heterocycles. The first-order valence-electron chi connectivity index (χ1n) is 5.66. The van der Waals surface area contributed by atoms with Crippen molar-refractivity contribution in [2.45, 2.75) is 13.5 Å². The number of rotatable bonds is 4. The maximum Gasteiger partial charge on any atom is 0.271 e. The summed E-state index contributed by atoms with van der Waals surface area (Å²) in [5.74, 6) is 5.28. The van der Waals surface area contributed by atoms with Crippen molar-refractivity contribution in [1.82, 2.24) is 25.1 Å². The molecule has 0 aliphatic carbocycles. The molecule has 0 saturated carbocycles. The molecule has 0 bridgehead atoms. The molecule has 1 amide bonds. The van der Waals surface area contributed by atoms with Crippen LogP contribution in [0.3, 0.4) is 0 Å². The van der Waals surface area contributed by atoms with E-state index in [0.29, 0.717) is 12.4 Å². The number of nitrogens with one attached hydrogen (secondary N) is 2. The number of anilines is 1. The predicted octanol–water partition coefficient (Wildman–Crippen LogP) is -0.266. The first kappa shape index (κ1) is 13.0. The number of aryl methyl sites for hydroxylation is 1. The second-order valence-corrected chi connectivity index (χ2v) is 3.99. The van der Waals surface area contributed by atoms with Gasteiger partial charge in [-0.05, 0) is 6.92 Å². The first-order chi connectivity index (χ1) is 9.11. The molecule has 100 valence electrons. The highest BCUT2D eigenvalue weighted by molar-refractivity contribution is 5.91. The molecule has 0 unspecified atom stereocenters. The van der Waals surface area contributed by atoms with Crippen LogP contribution in [0.25, 0.3) is 0 Å². The van der Waals surface area contributed by atoms with Crippen LogP contribution in [0, 0.1) is 6.92 Å². The van der Waals surface area contributed by atoms with E-state index in [1.165, 1.54) is 12.4 Å². The van der Waals surface area contributed by atoms with Gasteiger partial charge in [0.1, 0.15) is 5.69 Å². The normalized spacial score (nSPS) is 10.3. The van der Waals surface area contributed by atoms with E-state index < -0.39 is 0 Å². The van der Waals surface area contributed by atoms with Crippen molar-refractivity contribution < 1.29 is 4.79 Å². The molecule has 19 heavy (non-hydrogen) atoms. The second-order valence-electron chi connectivity index (χ2n) is 3.99. The molecule has 2 rings (SSSR count). The van der Waals surface area contributed by atoms with Gasteiger partial charge in [0.2, 0.25) is 0 Å². The number of nitrogens with zero attached hydrogens (tertiary/aromatic N) is 4. The Morgan fingerprint density at radius 3 is 2.68 bits per heavy atom. The number of aromatic nitrogens is 4. The summed E-state index contributed by atoms with van der Waals surface area (Å²) in [6, 6.07) is 0. The Bertz CT molecular complexity index is 575. The number of hydrazine groups is 1. The molecule has 2 aromatic heterocycles. The Hall–Kier alpha value is -2.48. The molecular weight excluding hydrogens is 246 g/mol. The molecule has 0 radical (unpaired) electrons. The molecule has 0 fully saturated rings. The highest BCUT2D eigenvalue weighted by Gasteiger charge is 2.09. The molecule has 0 aliphatic rings. The van der Waals surface area contributed by atoms with Gasteiger partial charge in [-0.2, -0.15) is 5.10 Å². The molecular formula is C11H15N7O. The summed E-state index contributed by atoms with van der Waals surface area (Å²) >= 11 is 0. The standard InChI is InChI=1S/C11H15N7O/c1-7-8(4-16-18(7)2)3-15-11(19)9-5-14-10(17-12)6-13-9/h4-6H,3,12H2,1-2H3,(H,14,17)(H,15,19). The van der Waals surface area contributed by atoms with E-state index in [9.17, 15) is 4.79 Å². The van der Waals surface area contributed by atoms with Crippen molar-refractivity contribution in [3.05, 3.63) is 35.5 Å². The molecule has 8 nitrogen and oxygen atoms in total. The number of hydrogen-bond donors (Lipinski definition) is 3. The van der Waals surface area contributed by atoms with Crippen molar-refractivity contribution in [3.8, 4) is 0 Å². The molecule has 2 aromatic rings.